The second kappa shape index (κ2) is 4.41. The van der Waals surface area contributed by atoms with Crippen molar-refractivity contribution in [3.05, 3.63) is 20.5 Å². The van der Waals surface area contributed by atoms with Crippen molar-refractivity contribution >= 4 is 38.6 Å². The Morgan fingerprint density at radius 1 is 1.67 bits per heavy atom. The van der Waals surface area contributed by atoms with Gasteiger partial charge in [-0.1, -0.05) is 16.5 Å². The number of hydrogen-bond acceptors (Lipinski definition) is 6. The van der Waals surface area contributed by atoms with Gasteiger partial charge in [0.1, 0.15) is 4.21 Å². The first-order valence-electron chi connectivity index (χ1n) is 3.37. The molecule has 0 fully saturated rings. The molecule has 0 aliphatic carbocycles. The maximum atomic E-state index is 11.3. The van der Waals surface area contributed by atoms with E-state index in [2.05, 4.69) is 4.84 Å². The minimum atomic E-state index is -3.89. The van der Waals surface area contributed by atoms with Gasteiger partial charge in [0.05, 0.1) is 12.0 Å². The predicted octanol–water partition coefficient (Wildman–Crippen LogP) is 1.15. The van der Waals surface area contributed by atoms with Gasteiger partial charge in [0, 0.05) is 6.07 Å². The standard InChI is InChI=1S/C5H5ClN2O5S2/c1-13-7-15(11,12)4-2-3(8(9)10)5(6)14-4/h2,7H,1H3. The molecule has 0 atom stereocenters. The van der Waals surface area contributed by atoms with E-state index in [1.165, 1.54) is 0 Å². The van der Waals surface area contributed by atoms with Crippen molar-refractivity contribution in [3.8, 4) is 0 Å². The first kappa shape index (κ1) is 12.3. The minimum Gasteiger partial charge on any atom is -0.290 e. The Labute approximate surface area is 93.8 Å². The molecular weight excluding hydrogens is 268 g/mol. The van der Waals surface area contributed by atoms with E-state index < -0.39 is 20.6 Å². The fraction of sp³-hybridized carbons (Fsp3) is 0.200. The Hall–Kier alpha value is -0.740. The summed E-state index contributed by atoms with van der Waals surface area (Å²) in [7, 11) is -2.78. The quantitative estimate of drug-likeness (QED) is 0.655. The molecule has 1 heterocycles. The van der Waals surface area contributed by atoms with E-state index >= 15 is 0 Å². The number of rotatable bonds is 4. The van der Waals surface area contributed by atoms with E-state index in [0.717, 1.165) is 13.2 Å². The van der Waals surface area contributed by atoms with Crippen LogP contribution in [0.15, 0.2) is 10.3 Å². The maximum absolute atomic E-state index is 11.3. The topological polar surface area (TPSA) is 98.5 Å². The molecule has 0 bridgehead atoms. The Bertz CT molecular complexity index is 482. The van der Waals surface area contributed by atoms with Crippen LogP contribution in [0.25, 0.3) is 0 Å². The van der Waals surface area contributed by atoms with Crippen molar-refractivity contribution in [1.29, 1.82) is 0 Å². The molecule has 0 saturated heterocycles. The Balaban J connectivity index is 3.19. The molecule has 0 aliphatic rings. The van der Waals surface area contributed by atoms with Gasteiger partial charge in [-0.05, 0) is 0 Å². The summed E-state index contributed by atoms with van der Waals surface area (Å²) in [5.74, 6) is 0. The summed E-state index contributed by atoms with van der Waals surface area (Å²) < 4.78 is 22.2. The van der Waals surface area contributed by atoms with Crippen molar-refractivity contribution in [1.82, 2.24) is 4.89 Å². The van der Waals surface area contributed by atoms with Gasteiger partial charge in [0.2, 0.25) is 0 Å². The fourth-order valence-electron chi connectivity index (χ4n) is 0.746. The van der Waals surface area contributed by atoms with Crippen LogP contribution in [0.1, 0.15) is 0 Å². The third-order valence-corrected chi connectivity index (χ3v) is 4.38. The van der Waals surface area contributed by atoms with E-state index in [1.54, 1.807) is 4.89 Å². The molecule has 1 aromatic heterocycles. The molecule has 15 heavy (non-hydrogen) atoms. The van der Waals surface area contributed by atoms with Crippen LogP contribution >= 0.6 is 22.9 Å². The monoisotopic (exact) mass is 272 g/mol. The molecule has 7 nitrogen and oxygen atoms in total. The molecule has 0 amide bonds. The number of halogens is 1. The van der Waals surface area contributed by atoms with Crippen LogP contribution in [0.3, 0.4) is 0 Å². The molecule has 0 radical (unpaired) electrons. The summed E-state index contributed by atoms with van der Waals surface area (Å²) in [6, 6.07) is 0.869. The SMILES string of the molecule is CONS(=O)(=O)c1cc([N+](=O)[O-])c(Cl)s1. The van der Waals surface area contributed by atoms with Crippen LogP contribution < -0.4 is 4.89 Å². The highest BCUT2D eigenvalue weighted by molar-refractivity contribution is 7.91. The zero-order valence-corrected chi connectivity index (χ0v) is 9.65. The van der Waals surface area contributed by atoms with E-state index in [0.29, 0.717) is 11.3 Å². The van der Waals surface area contributed by atoms with Crippen molar-refractivity contribution < 1.29 is 18.2 Å². The van der Waals surface area contributed by atoms with Crippen LogP contribution in [-0.4, -0.2) is 20.5 Å². The van der Waals surface area contributed by atoms with Gasteiger partial charge in [-0.3, -0.25) is 15.0 Å². The summed E-state index contributed by atoms with van der Waals surface area (Å²) in [6.45, 7) is 0. The first-order chi connectivity index (χ1) is 6.88. The van der Waals surface area contributed by atoms with E-state index in [9.17, 15) is 18.5 Å². The summed E-state index contributed by atoms with van der Waals surface area (Å²) in [5.41, 5.74) is -0.446. The fourth-order valence-corrected chi connectivity index (χ4v) is 3.20. The molecular formula is C5H5ClN2O5S2. The lowest BCUT2D eigenvalue weighted by Gasteiger charge is -1.98. The van der Waals surface area contributed by atoms with Gasteiger partial charge in [0.25, 0.3) is 15.7 Å². The molecule has 1 aromatic rings. The van der Waals surface area contributed by atoms with Gasteiger partial charge >= 0.3 is 0 Å². The van der Waals surface area contributed by atoms with E-state index in [1.807, 2.05) is 0 Å². The molecule has 0 saturated carbocycles. The zero-order chi connectivity index (χ0) is 11.6. The molecule has 0 spiro atoms. The van der Waals surface area contributed by atoms with Gasteiger partial charge in [-0.2, -0.15) is 0 Å². The van der Waals surface area contributed by atoms with E-state index in [4.69, 9.17) is 11.6 Å². The third kappa shape index (κ3) is 2.63. The highest BCUT2D eigenvalue weighted by Crippen LogP contribution is 2.35. The second-order valence-electron chi connectivity index (χ2n) is 2.27. The highest BCUT2D eigenvalue weighted by atomic mass is 35.5. The molecule has 0 aromatic carbocycles. The van der Waals surface area contributed by atoms with Crippen LogP contribution in [0.2, 0.25) is 4.34 Å². The average Bonchev–Trinajstić information content (AvgIpc) is 2.47. The number of thiophene rings is 1. The Kier molecular flexibility index (Phi) is 3.62. The van der Waals surface area contributed by atoms with Crippen molar-refractivity contribution in [2.24, 2.45) is 0 Å². The summed E-state index contributed by atoms with van der Waals surface area (Å²) >= 11 is 6.07. The molecule has 0 unspecified atom stereocenters. The molecule has 1 N–H and O–H groups in total. The van der Waals surface area contributed by atoms with Crippen LogP contribution in [-0.2, 0) is 14.9 Å². The number of sulfonamides is 1. The highest BCUT2D eigenvalue weighted by Gasteiger charge is 2.25. The lowest BCUT2D eigenvalue weighted by Crippen LogP contribution is -2.21. The summed E-state index contributed by atoms with van der Waals surface area (Å²) in [5, 5.41) is 10.4. The second-order valence-corrected chi connectivity index (χ2v) is 5.80. The Morgan fingerprint density at radius 3 is 2.67 bits per heavy atom. The van der Waals surface area contributed by atoms with Gasteiger partial charge in [0.15, 0.2) is 4.34 Å². The summed E-state index contributed by atoms with van der Waals surface area (Å²) in [6.07, 6.45) is 0. The largest absolute Gasteiger partial charge is 0.300 e. The van der Waals surface area contributed by atoms with Crippen LogP contribution in [0.5, 0.6) is 0 Å². The van der Waals surface area contributed by atoms with Crippen molar-refractivity contribution in [2.75, 3.05) is 7.11 Å². The Morgan fingerprint density at radius 2 is 2.27 bits per heavy atom. The number of nitro groups is 1. The first-order valence-corrected chi connectivity index (χ1v) is 6.04. The lowest BCUT2D eigenvalue weighted by atomic mass is 10.6. The molecule has 84 valence electrons. The molecule has 1 rings (SSSR count). The van der Waals surface area contributed by atoms with Gasteiger partial charge in [-0.15, -0.1) is 11.3 Å². The maximum Gasteiger partial charge on any atom is 0.300 e. The molecule has 10 heteroatoms. The minimum absolute atomic E-state index is 0.198. The lowest BCUT2D eigenvalue weighted by molar-refractivity contribution is -0.384. The zero-order valence-electron chi connectivity index (χ0n) is 7.26. The third-order valence-electron chi connectivity index (χ3n) is 1.30. The average molecular weight is 273 g/mol. The van der Waals surface area contributed by atoms with Gasteiger partial charge in [-0.25, -0.2) is 8.42 Å². The predicted molar refractivity (Wildman–Crippen MR) is 53.3 cm³/mol. The molecule has 0 aliphatic heterocycles. The number of nitrogens with one attached hydrogen (secondary N) is 1. The summed E-state index contributed by atoms with van der Waals surface area (Å²) in [4.78, 5) is 15.6. The number of hydrogen-bond donors (Lipinski definition) is 1. The number of nitrogens with zero attached hydrogens (tertiary/aromatic N) is 1. The van der Waals surface area contributed by atoms with Crippen molar-refractivity contribution in [3.63, 3.8) is 0 Å². The smallest absolute Gasteiger partial charge is 0.290 e. The normalized spacial score (nSPS) is 11.6. The van der Waals surface area contributed by atoms with E-state index in [-0.39, 0.29) is 8.55 Å². The van der Waals surface area contributed by atoms with Gasteiger partial charge < -0.3 is 0 Å². The van der Waals surface area contributed by atoms with Crippen molar-refractivity contribution in [2.45, 2.75) is 4.21 Å². The van der Waals surface area contributed by atoms with Crippen LogP contribution in [0, 0.1) is 10.1 Å². The van der Waals surface area contributed by atoms with Crippen LogP contribution in [0.4, 0.5) is 5.69 Å².